The summed E-state index contributed by atoms with van der Waals surface area (Å²) in [6, 6.07) is 17.6. The Morgan fingerprint density at radius 3 is 2.26 bits per heavy atom. The van der Waals surface area contributed by atoms with Crippen LogP contribution in [0.5, 0.6) is 5.75 Å². The van der Waals surface area contributed by atoms with Crippen LogP contribution >= 0.6 is 0 Å². The van der Waals surface area contributed by atoms with E-state index in [2.05, 4.69) is 10.6 Å². The van der Waals surface area contributed by atoms with Crippen LogP contribution in [0.2, 0.25) is 0 Å². The SMILES string of the molecule is COc1ccc(S(=O)(=O)N(CC(C)C)C[C@@H](O)[C@H](Cc2ccccc2)NC(=O)c2ccc3c(c2)[C@H](NC(=O)OC(C)(C)C)CCS3(=O)=O)cc1. The molecule has 0 saturated carbocycles. The third kappa shape index (κ3) is 10.1. The van der Waals surface area contributed by atoms with Crippen LogP contribution in [0.4, 0.5) is 4.79 Å². The molecule has 3 aromatic carbocycles. The maximum atomic E-state index is 13.8. The predicted molar refractivity (Wildman–Crippen MR) is 189 cm³/mol. The smallest absolute Gasteiger partial charge is 0.408 e. The van der Waals surface area contributed by atoms with E-state index in [1.54, 1.807) is 32.9 Å². The van der Waals surface area contributed by atoms with Crippen LogP contribution in [0.3, 0.4) is 0 Å². The fourth-order valence-electron chi connectivity index (χ4n) is 5.70. The number of carbonyl (C=O) groups is 2. The van der Waals surface area contributed by atoms with Gasteiger partial charge >= 0.3 is 6.09 Å². The number of amides is 2. The Balaban J connectivity index is 1.64. The Morgan fingerprint density at radius 2 is 1.66 bits per heavy atom. The lowest BCUT2D eigenvalue weighted by atomic mass is 9.98. The highest BCUT2D eigenvalue weighted by Crippen LogP contribution is 2.33. The number of methoxy groups -OCH3 is 1. The van der Waals surface area contributed by atoms with Crippen LogP contribution in [0.25, 0.3) is 0 Å². The average molecular weight is 730 g/mol. The standard InChI is InChI=1S/C36H47N3O9S2/c1-24(2)22-39(50(45,46)28-15-13-27(47-6)14-16-28)23-32(40)31(20-25-10-8-7-9-11-25)37-34(41)26-12-17-33-29(21-26)30(18-19-49(33,43)44)38-35(42)48-36(3,4)5/h7-17,21,24,30-32,40H,18-20,22-23H2,1-6H3,(H,37,41)(H,38,42)/t30-,31+,32-/m1/s1. The summed E-state index contributed by atoms with van der Waals surface area (Å²) < 4.78 is 65.2. The number of benzene rings is 3. The van der Waals surface area contributed by atoms with Gasteiger partial charge in [0, 0.05) is 18.7 Å². The molecule has 2 amide bonds. The van der Waals surface area contributed by atoms with Crippen molar-refractivity contribution in [2.45, 2.75) is 81.0 Å². The van der Waals surface area contributed by atoms with Crippen LogP contribution in [0.1, 0.15) is 68.6 Å². The zero-order chi connectivity index (χ0) is 36.9. The summed E-state index contributed by atoms with van der Waals surface area (Å²) in [5.74, 6) is -0.382. The van der Waals surface area contributed by atoms with Crippen molar-refractivity contribution in [1.29, 1.82) is 0 Å². The molecule has 0 bridgehead atoms. The first-order chi connectivity index (χ1) is 23.4. The van der Waals surface area contributed by atoms with Gasteiger partial charge in [0.1, 0.15) is 11.4 Å². The van der Waals surface area contributed by atoms with Gasteiger partial charge in [-0.1, -0.05) is 44.2 Å². The van der Waals surface area contributed by atoms with Crippen LogP contribution in [0, 0.1) is 5.92 Å². The highest BCUT2D eigenvalue weighted by molar-refractivity contribution is 7.91. The fourth-order valence-corrected chi connectivity index (χ4v) is 8.92. The molecule has 12 nitrogen and oxygen atoms in total. The summed E-state index contributed by atoms with van der Waals surface area (Å²) in [6.45, 7) is 8.68. The number of sulfonamides is 1. The third-order valence-electron chi connectivity index (χ3n) is 8.08. The minimum atomic E-state index is -4.05. The Labute approximate surface area is 295 Å². The van der Waals surface area contributed by atoms with Crippen molar-refractivity contribution in [2.75, 3.05) is 26.0 Å². The number of ether oxygens (including phenoxy) is 2. The van der Waals surface area contributed by atoms with E-state index in [1.165, 1.54) is 41.7 Å². The summed E-state index contributed by atoms with van der Waals surface area (Å²) in [6.07, 6.45) is -1.80. The number of hydrogen-bond acceptors (Lipinski definition) is 9. The van der Waals surface area contributed by atoms with Crippen molar-refractivity contribution in [3.05, 3.63) is 89.5 Å². The maximum absolute atomic E-state index is 13.8. The zero-order valence-electron chi connectivity index (χ0n) is 29.3. The van der Waals surface area contributed by atoms with Gasteiger partial charge in [-0.15, -0.1) is 0 Å². The molecule has 14 heteroatoms. The number of rotatable bonds is 13. The molecule has 0 aromatic heterocycles. The second-order valence-electron chi connectivity index (χ2n) is 13.8. The zero-order valence-corrected chi connectivity index (χ0v) is 30.9. The number of carbonyl (C=O) groups excluding carboxylic acids is 2. The number of fused-ring (bicyclic) bond motifs is 1. The average Bonchev–Trinajstić information content (AvgIpc) is 3.04. The first-order valence-corrected chi connectivity index (χ1v) is 19.5. The van der Waals surface area contributed by atoms with Gasteiger partial charge in [-0.2, -0.15) is 4.31 Å². The Hall–Kier alpha value is -3.98. The lowest BCUT2D eigenvalue weighted by Gasteiger charge is -2.31. The van der Waals surface area contributed by atoms with Gasteiger partial charge < -0.3 is 25.2 Å². The quantitative estimate of drug-likeness (QED) is 0.230. The summed E-state index contributed by atoms with van der Waals surface area (Å²) in [5, 5.41) is 17.3. The fraction of sp³-hybridized carbons (Fsp3) is 0.444. The van der Waals surface area contributed by atoms with Gasteiger partial charge in [0.2, 0.25) is 10.0 Å². The van der Waals surface area contributed by atoms with Crippen LogP contribution in [-0.2, 0) is 31.0 Å². The molecule has 3 N–H and O–H groups in total. The summed E-state index contributed by atoms with van der Waals surface area (Å²) in [7, 11) is -6.23. The minimum Gasteiger partial charge on any atom is -0.497 e. The monoisotopic (exact) mass is 729 g/mol. The molecule has 3 atom stereocenters. The number of sulfone groups is 1. The molecule has 0 aliphatic carbocycles. The second kappa shape index (κ2) is 15.9. The highest BCUT2D eigenvalue weighted by atomic mass is 32.2. The largest absolute Gasteiger partial charge is 0.497 e. The molecule has 0 saturated heterocycles. The van der Waals surface area contributed by atoms with E-state index in [1.807, 2.05) is 44.2 Å². The molecule has 1 heterocycles. The van der Waals surface area contributed by atoms with Crippen molar-refractivity contribution in [1.82, 2.24) is 14.9 Å². The lowest BCUT2D eigenvalue weighted by molar-refractivity contribution is 0.0500. The van der Waals surface area contributed by atoms with Gasteiger partial charge in [-0.25, -0.2) is 21.6 Å². The molecule has 0 fully saturated rings. The second-order valence-corrected chi connectivity index (χ2v) is 17.8. The van der Waals surface area contributed by atoms with Gasteiger partial charge in [0.15, 0.2) is 9.84 Å². The van der Waals surface area contributed by atoms with Crippen molar-refractivity contribution in [3.63, 3.8) is 0 Å². The number of alkyl carbamates (subject to hydrolysis) is 1. The topological polar surface area (TPSA) is 168 Å². The van der Waals surface area contributed by atoms with E-state index in [0.29, 0.717) is 5.75 Å². The first-order valence-electron chi connectivity index (χ1n) is 16.4. The molecule has 50 heavy (non-hydrogen) atoms. The van der Waals surface area contributed by atoms with Crippen molar-refractivity contribution < 1.29 is 41.0 Å². The summed E-state index contributed by atoms with van der Waals surface area (Å²) in [4.78, 5) is 26.5. The van der Waals surface area contributed by atoms with Crippen LogP contribution < -0.4 is 15.4 Å². The Kier molecular flexibility index (Phi) is 12.4. The molecule has 4 rings (SSSR count). The molecule has 0 spiro atoms. The van der Waals surface area contributed by atoms with Gasteiger partial charge in [-0.3, -0.25) is 4.79 Å². The summed E-state index contributed by atoms with van der Waals surface area (Å²) in [5.41, 5.74) is 0.377. The predicted octanol–water partition coefficient (Wildman–Crippen LogP) is 4.49. The normalized spacial score (nSPS) is 17.0. The number of nitrogens with zero attached hydrogens (tertiary/aromatic N) is 1. The van der Waals surface area contributed by atoms with E-state index in [9.17, 15) is 31.5 Å². The van der Waals surface area contributed by atoms with Crippen molar-refractivity contribution >= 4 is 31.9 Å². The Morgan fingerprint density at radius 1 is 1.00 bits per heavy atom. The van der Waals surface area contributed by atoms with E-state index in [-0.39, 0.29) is 58.5 Å². The van der Waals surface area contributed by atoms with E-state index >= 15 is 0 Å². The minimum absolute atomic E-state index is 0.00953. The maximum Gasteiger partial charge on any atom is 0.408 e. The highest BCUT2D eigenvalue weighted by Gasteiger charge is 2.35. The van der Waals surface area contributed by atoms with E-state index in [4.69, 9.17) is 9.47 Å². The lowest BCUT2D eigenvalue weighted by Crippen LogP contribution is -2.51. The number of aliphatic hydroxyl groups excluding tert-OH is 1. The molecule has 1 aliphatic heterocycles. The number of nitrogens with one attached hydrogen (secondary N) is 2. The van der Waals surface area contributed by atoms with Gasteiger partial charge in [0.05, 0.1) is 40.8 Å². The molecule has 3 aromatic rings. The van der Waals surface area contributed by atoms with Crippen LogP contribution in [-0.4, -0.2) is 81.9 Å². The molecular weight excluding hydrogens is 683 g/mol. The molecule has 0 unspecified atom stereocenters. The van der Waals surface area contributed by atoms with Crippen molar-refractivity contribution in [2.24, 2.45) is 5.92 Å². The molecule has 1 aliphatic rings. The van der Waals surface area contributed by atoms with E-state index in [0.717, 1.165) is 5.56 Å². The first kappa shape index (κ1) is 38.8. The van der Waals surface area contributed by atoms with Crippen LogP contribution in [0.15, 0.2) is 82.6 Å². The number of hydrogen-bond donors (Lipinski definition) is 3. The third-order valence-corrected chi connectivity index (χ3v) is 11.7. The van der Waals surface area contributed by atoms with E-state index < -0.39 is 55.6 Å². The summed E-state index contributed by atoms with van der Waals surface area (Å²) >= 11 is 0. The Bertz CT molecular complexity index is 1860. The van der Waals surface area contributed by atoms with Gasteiger partial charge in [-0.05, 0) is 93.1 Å². The van der Waals surface area contributed by atoms with Crippen molar-refractivity contribution in [3.8, 4) is 5.75 Å². The number of aliphatic hydroxyl groups is 1. The molecular formula is C36H47N3O9S2. The van der Waals surface area contributed by atoms with Gasteiger partial charge in [0.25, 0.3) is 5.91 Å². The molecule has 0 radical (unpaired) electrons. The molecule has 272 valence electrons.